The molecule has 0 atom stereocenters. The highest BCUT2D eigenvalue weighted by Crippen LogP contribution is 2.14. The summed E-state index contributed by atoms with van der Waals surface area (Å²) >= 11 is 0. The van der Waals surface area contributed by atoms with E-state index in [4.69, 9.17) is 9.47 Å². The fraction of sp³-hybridized carbons (Fsp3) is 0.217. The minimum absolute atomic E-state index is 0.0247. The normalized spacial score (nSPS) is 10.6. The zero-order chi connectivity index (χ0) is 19.5. The molecule has 0 saturated heterocycles. The van der Waals surface area contributed by atoms with E-state index < -0.39 is 0 Å². The quantitative estimate of drug-likeness (QED) is 0.261. The van der Waals surface area contributed by atoms with Gasteiger partial charge in [-0.05, 0) is 43.5 Å². The molecule has 0 spiro atoms. The van der Waals surface area contributed by atoms with Crippen LogP contribution in [0.3, 0.4) is 0 Å². The lowest BCUT2D eigenvalue weighted by atomic mass is 10.1. The molecule has 0 heterocycles. The van der Waals surface area contributed by atoms with Crippen LogP contribution in [0, 0.1) is 0 Å². The maximum Gasteiger partial charge on any atom is 0.333 e. The topological polar surface area (TPSA) is 52.6 Å². The minimum Gasteiger partial charge on any atom is -0.494 e. The van der Waals surface area contributed by atoms with Crippen LogP contribution in [0.1, 0.15) is 35.7 Å². The van der Waals surface area contributed by atoms with Crippen LogP contribution in [0.4, 0.5) is 0 Å². The van der Waals surface area contributed by atoms with Crippen molar-refractivity contribution >= 4 is 17.8 Å². The van der Waals surface area contributed by atoms with Crippen molar-refractivity contribution in [3.05, 3.63) is 84.0 Å². The minimum atomic E-state index is -0.356. The van der Waals surface area contributed by atoms with E-state index >= 15 is 0 Å². The van der Waals surface area contributed by atoms with E-state index in [0.717, 1.165) is 24.2 Å². The molecule has 0 aliphatic carbocycles. The van der Waals surface area contributed by atoms with Crippen LogP contribution in [0.5, 0.6) is 5.75 Å². The molecule has 0 saturated carbocycles. The second kappa shape index (κ2) is 10.8. The number of esters is 1. The van der Waals surface area contributed by atoms with E-state index in [1.54, 1.807) is 31.2 Å². The van der Waals surface area contributed by atoms with Crippen molar-refractivity contribution in [1.82, 2.24) is 0 Å². The average molecular weight is 364 g/mol. The Morgan fingerprint density at radius 3 is 2.30 bits per heavy atom. The van der Waals surface area contributed by atoms with Crippen LogP contribution in [0.2, 0.25) is 0 Å². The lowest BCUT2D eigenvalue weighted by Crippen LogP contribution is -2.07. The number of benzene rings is 2. The van der Waals surface area contributed by atoms with Crippen molar-refractivity contribution < 1.29 is 19.1 Å². The van der Waals surface area contributed by atoms with Gasteiger partial charge in [0.2, 0.25) is 0 Å². The molecule has 0 aliphatic rings. The summed E-state index contributed by atoms with van der Waals surface area (Å²) < 4.78 is 10.7. The molecular weight excluding hydrogens is 340 g/mol. The van der Waals surface area contributed by atoms with Gasteiger partial charge in [0, 0.05) is 11.1 Å². The van der Waals surface area contributed by atoms with Crippen molar-refractivity contribution in [2.24, 2.45) is 0 Å². The van der Waals surface area contributed by atoms with E-state index in [9.17, 15) is 9.59 Å². The first-order valence-corrected chi connectivity index (χ1v) is 8.89. The highest BCUT2D eigenvalue weighted by molar-refractivity contribution is 6.06. The van der Waals surface area contributed by atoms with Crippen LogP contribution < -0.4 is 4.74 Å². The third-order valence-electron chi connectivity index (χ3n) is 3.75. The number of carbonyl (C=O) groups is 2. The Morgan fingerprint density at radius 1 is 0.963 bits per heavy atom. The Kier molecular flexibility index (Phi) is 8.04. The van der Waals surface area contributed by atoms with Gasteiger partial charge in [0.25, 0.3) is 0 Å². The highest BCUT2D eigenvalue weighted by atomic mass is 16.5. The lowest BCUT2D eigenvalue weighted by molar-refractivity contribution is -0.139. The number of ketones is 1. The van der Waals surface area contributed by atoms with Crippen LogP contribution in [0.15, 0.2) is 72.8 Å². The molecule has 0 fully saturated rings. The van der Waals surface area contributed by atoms with Gasteiger partial charge in [-0.3, -0.25) is 4.79 Å². The van der Waals surface area contributed by atoms with Gasteiger partial charge in [0.15, 0.2) is 5.78 Å². The first kappa shape index (κ1) is 20.2. The van der Waals surface area contributed by atoms with E-state index in [1.807, 2.05) is 42.5 Å². The number of hydrogen-bond donors (Lipinski definition) is 0. The predicted octanol–water partition coefficient (Wildman–Crippen LogP) is 4.86. The standard InChI is InChI=1S/C23H24O4/c1-18(2)23(25)27-17-7-6-16-26-21-13-10-19(11-14-21)12-15-22(24)20-8-4-3-5-9-20/h3-5,8-15H,1,6-7,16-17H2,2H3. The van der Waals surface area contributed by atoms with Gasteiger partial charge < -0.3 is 9.47 Å². The summed E-state index contributed by atoms with van der Waals surface area (Å²) in [7, 11) is 0. The van der Waals surface area contributed by atoms with E-state index in [0.29, 0.717) is 24.4 Å². The van der Waals surface area contributed by atoms with Gasteiger partial charge in [0.1, 0.15) is 5.75 Å². The lowest BCUT2D eigenvalue weighted by Gasteiger charge is -2.07. The smallest absolute Gasteiger partial charge is 0.333 e. The van der Waals surface area contributed by atoms with E-state index in [1.165, 1.54) is 0 Å². The molecule has 0 aromatic heterocycles. The summed E-state index contributed by atoms with van der Waals surface area (Å²) in [6.45, 7) is 6.08. The predicted molar refractivity (Wildman–Crippen MR) is 107 cm³/mol. The number of ether oxygens (including phenoxy) is 2. The van der Waals surface area contributed by atoms with Crippen molar-refractivity contribution in [2.45, 2.75) is 19.8 Å². The Morgan fingerprint density at radius 2 is 1.63 bits per heavy atom. The van der Waals surface area contributed by atoms with Crippen molar-refractivity contribution in [3.8, 4) is 5.75 Å². The van der Waals surface area contributed by atoms with Crippen molar-refractivity contribution in [3.63, 3.8) is 0 Å². The van der Waals surface area contributed by atoms with Crippen LogP contribution in [0.25, 0.3) is 6.08 Å². The number of allylic oxidation sites excluding steroid dienone is 1. The molecule has 0 aliphatic heterocycles. The van der Waals surface area contributed by atoms with Crippen LogP contribution in [-0.2, 0) is 9.53 Å². The van der Waals surface area contributed by atoms with Gasteiger partial charge in [0.05, 0.1) is 13.2 Å². The number of carbonyl (C=O) groups excluding carboxylic acids is 2. The first-order valence-electron chi connectivity index (χ1n) is 8.89. The third-order valence-corrected chi connectivity index (χ3v) is 3.75. The summed E-state index contributed by atoms with van der Waals surface area (Å²) in [5, 5.41) is 0. The summed E-state index contributed by atoms with van der Waals surface area (Å²) in [6.07, 6.45) is 4.88. The molecule has 2 rings (SSSR count). The number of rotatable bonds is 10. The van der Waals surface area contributed by atoms with Gasteiger partial charge >= 0.3 is 5.97 Å². The van der Waals surface area contributed by atoms with Gasteiger partial charge in [-0.25, -0.2) is 4.79 Å². The molecule has 0 bridgehead atoms. The van der Waals surface area contributed by atoms with Crippen molar-refractivity contribution in [2.75, 3.05) is 13.2 Å². The maximum absolute atomic E-state index is 12.0. The molecule has 0 radical (unpaired) electrons. The fourth-order valence-corrected chi connectivity index (χ4v) is 2.23. The third kappa shape index (κ3) is 7.32. The number of hydrogen-bond acceptors (Lipinski definition) is 4. The Hall–Kier alpha value is -3.14. The Balaban J connectivity index is 1.70. The molecule has 27 heavy (non-hydrogen) atoms. The average Bonchev–Trinajstić information content (AvgIpc) is 2.70. The molecule has 140 valence electrons. The zero-order valence-corrected chi connectivity index (χ0v) is 15.5. The molecule has 4 nitrogen and oxygen atoms in total. The molecule has 2 aromatic carbocycles. The monoisotopic (exact) mass is 364 g/mol. The highest BCUT2D eigenvalue weighted by Gasteiger charge is 2.02. The second-order valence-electron chi connectivity index (χ2n) is 6.10. The zero-order valence-electron chi connectivity index (χ0n) is 15.5. The molecule has 0 amide bonds. The largest absolute Gasteiger partial charge is 0.494 e. The van der Waals surface area contributed by atoms with E-state index in [2.05, 4.69) is 6.58 Å². The van der Waals surface area contributed by atoms with Gasteiger partial charge in [-0.15, -0.1) is 0 Å². The van der Waals surface area contributed by atoms with E-state index in [-0.39, 0.29) is 11.8 Å². The summed E-state index contributed by atoms with van der Waals surface area (Å²) in [5.41, 5.74) is 2.01. The maximum atomic E-state index is 12.0. The van der Waals surface area contributed by atoms with Gasteiger partial charge in [-0.2, -0.15) is 0 Å². The van der Waals surface area contributed by atoms with Crippen LogP contribution >= 0.6 is 0 Å². The first-order chi connectivity index (χ1) is 13.1. The SMILES string of the molecule is C=C(C)C(=O)OCCCCOc1ccc(C=CC(=O)c2ccccc2)cc1. The molecular formula is C23H24O4. The Bertz CT molecular complexity index is 789. The van der Waals surface area contributed by atoms with Gasteiger partial charge in [-0.1, -0.05) is 55.1 Å². The Labute approximate surface area is 160 Å². The second-order valence-corrected chi connectivity index (χ2v) is 6.10. The van der Waals surface area contributed by atoms with Crippen LogP contribution in [-0.4, -0.2) is 25.0 Å². The molecule has 4 heteroatoms. The fourth-order valence-electron chi connectivity index (χ4n) is 2.23. The molecule has 0 unspecified atom stereocenters. The molecule has 0 N–H and O–H groups in total. The molecule has 2 aromatic rings. The van der Waals surface area contributed by atoms with Crippen molar-refractivity contribution in [1.29, 1.82) is 0 Å². The summed E-state index contributed by atoms with van der Waals surface area (Å²) in [5.74, 6) is 0.383. The number of unbranched alkanes of at least 4 members (excludes halogenated alkanes) is 1. The summed E-state index contributed by atoms with van der Waals surface area (Å²) in [4.78, 5) is 23.3. The summed E-state index contributed by atoms with van der Waals surface area (Å²) in [6, 6.07) is 16.7.